The summed E-state index contributed by atoms with van der Waals surface area (Å²) >= 11 is 1.48. The molecule has 0 aromatic carbocycles. The van der Waals surface area contributed by atoms with Crippen molar-refractivity contribution in [2.75, 3.05) is 0 Å². The van der Waals surface area contributed by atoms with E-state index in [2.05, 4.69) is 5.32 Å². The van der Waals surface area contributed by atoms with E-state index in [0.717, 1.165) is 0 Å². The van der Waals surface area contributed by atoms with E-state index in [0.29, 0.717) is 0 Å². The summed E-state index contributed by atoms with van der Waals surface area (Å²) in [7, 11) is 0. The maximum atomic E-state index is 10.2. The van der Waals surface area contributed by atoms with E-state index in [9.17, 15) is 9.59 Å². The lowest BCUT2D eigenvalue weighted by molar-refractivity contribution is -0.138. The number of hydrogen-bond donors (Lipinski definition) is 2. The lowest BCUT2D eigenvalue weighted by atomic mass is 10.4. The Balaban J connectivity index is 3.63. The number of nitrogens with one attached hydrogen (secondary N) is 1. The fourth-order valence-electron chi connectivity index (χ4n) is 0.232. The van der Waals surface area contributed by atoms with Gasteiger partial charge in [-0.25, -0.2) is 0 Å². The predicted octanol–water partition coefficient (Wildman–Crippen LogP) is 0.604. The summed E-state index contributed by atoms with van der Waals surface area (Å²) < 4.78 is -0.359. The molecule has 0 fully saturated rings. The van der Waals surface area contributed by atoms with Gasteiger partial charge in [0.05, 0.1) is 0 Å². The minimum Gasteiger partial charge on any atom is -0.480 e. The maximum Gasteiger partial charge on any atom is 0.325 e. The summed E-state index contributed by atoms with van der Waals surface area (Å²) in [5, 5.41) is 10.4. The smallest absolute Gasteiger partial charge is 0.325 e. The van der Waals surface area contributed by atoms with Gasteiger partial charge in [-0.3, -0.25) is 9.59 Å². The first-order valence-electron chi connectivity index (χ1n) is 2.23. The number of carboxylic acid groups (broad SMARTS) is 1. The van der Waals surface area contributed by atoms with Crippen LogP contribution in [0, 0.1) is 0 Å². The molecule has 0 saturated carbocycles. The van der Waals surface area contributed by atoms with Gasteiger partial charge in [0.15, 0.2) is 0 Å². The molecule has 1 amide bonds. The van der Waals surface area contributed by atoms with Crippen molar-refractivity contribution in [2.24, 2.45) is 0 Å². The Labute approximate surface area is 65.8 Å². The number of carboxylic acids is 1. The quantitative estimate of drug-likeness (QED) is 0.424. The van der Waals surface area contributed by atoms with Crippen LogP contribution in [0.15, 0.2) is 0 Å². The van der Waals surface area contributed by atoms with Gasteiger partial charge in [0.1, 0.15) is 6.04 Å². The highest BCUT2D eigenvalue weighted by molar-refractivity contribution is 14.1. The summed E-state index contributed by atoms with van der Waals surface area (Å²) in [6.45, 7) is 1.40. The lowest BCUT2D eigenvalue weighted by Gasteiger charge is -2.03. The zero-order valence-corrected chi connectivity index (χ0v) is 6.88. The molecule has 0 saturated heterocycles. The SMILES string of the molecule is CC(NC(=O)I)C(=O)O. The molecule has 0 heterocycles. The minimum absolute atomic E-state index is 0.359. The van der Waals surface area contributed by atoms with E-state index >= 15 is 0 Å². The molecule has 0 radical (unpaired) electrons. The van der Waals surface area contributed by atoms with Crippen LogP contribution in [0.3, 0.4) is 0 Å². The minimum atomic E-state index is -1.03. The topological polar surface area (TPSA) is 66.4 Å². The maximum absolute atomic E-state index is 10.2. The standard InChI is InChI=1S/C4H6INO3/c1-2(3(7)8)6-4(5)9/h2H,1H3,(H,6,9)(H,7,8). The van der Waals surface area contributed by atoms with Crippen molar-refractivity contribution >= 4 is 32.5 Å². The van der Waals surface area contributed by atoms with E-state index in [1.807, 2.05) is 0 Å². The average Bonchev–Trinajstić information content (AvgIpc) is 1.63. The second kappa shape index (κ2) is 3.65. The molecule has 0 aromatic rings. The molecule has 0 aromatic heterocycles. The number of carbonyl (C=O) groups excluding carboxylic acids is 1. The largest absolute Gasteiger partial charge is 0.480 e. The van der Waals surface area contributed by atoms with E-state index in [1.165, 1.54) is 29.5 Å². The Hall–Kier alpha value is -0.330. The highest BCUT2D eigenvalue weighted by Gasteiger charge is 2.10. The van der Waals surface area contributed by atoms with Crippen molar-refractivity contribution < 1.29 is 14.7 Å². The van der Waals surface area contributed by atoms with E-state index in [-0.39, 0.29) is 3.91 Å². The van der Waals surface area contributed by atoms with Crippen LogP contribution in [0.5, 0.6) is 0 Å². The van der Waals surface area contributed by atoms with Gasteiger partial charge < -0.3 is 10.4 Å². The van der Waals surface area contributed by atoms with Crippen LogP contribution >= 0.6 is 22.6 Å². The van der Waals surface area contributed by atoms with Crippen molar-refractivity contribution in [1.82, 2.24) is 5.32 Å². The third kappa shape index (κ3) is 4.19. The molecule has 0 rings (SSSR count). The van der Waals surface area contributed by atoms with Crippen LogP contribution < -0.4 is 5.32 Å². The second-order valence-electron chi connectivity index (χ2n) is 1.48. The van der Waals surface area contributed by atoms with Crippen molar-refractivity contribution in [3.8, 4) is 0 Å². The molecular formula is C4H6INO3. The van der Waals surface area contributed by atoms with Gasteiger partial charge in [-0.05, 0) is 6.92 Å². The van der Waals surface area contributed by atoms with E-state index in [1.54, 1.807) is 0 Å². The summed E-state index contributed by atoms with van der Waals surface area (Å²) in [6.07, 6.45) is 0. The number of amides is 1. The number of rotatable bonds is 2. The molecule has 9 heavy (non-hydrogen) atoms. The van der Waals surface area contributed by atoms with Crippen molar-refractivity contribution in [2.45, 2.75) is 13.0 Å². The first-order valence-corrected chi connectivity index (χ1v) is 3.30. The summed E-state index contributed by atoms with van der Waals surface area (Å²) in [5.41, 5.74) is 0. The van der Waals surface area contributed by atoms with Crippen LogP contribution in [-0.2, 0) is 4.79 Å². The molecule has 0 aliphatic heterocycles. The Kier molecular flexibility index (Phi) is 3.52. The van der Waals surface area contributed by atoms with Gasteiger partial charge in [-0.2, -0.15) is 0 Å². The van der Waals surface area contributed by atoms with Gasteiger partial charge >= 0.3 is 5.97 Å². The van der Waals surface area contributed by atoms with Crippen molar-refractivity contribution in [3.05, 3.63) is 0 Å². The van der Waals surface area contributed by atoms with Crippen molar-refractivity contribution in [3.63, 3.8) is 0 Å². The van der Waals surface area contributed by atoms with Gasteiger partial charge in [0.2, 0.25) is 0 Å². The summed E-state index contributed by atoms with van der Waals surface area (Å²) in [4.78, 5) is 20.2. The molecule has 0 bridgehead atoms. The first kappa shape index (κ1) is 8.67. The van der Waals surface area contributed by atoms with Crippen LogP contribution in [0.2, 0.25) is 0 Å². The monoisotopic (exact) mass is 243 g/mol. The summed E-state index contributed by atoms with van der Waals surface area (Å²) in [6, 6.07) is -0.797. The Morgan fingerprint density at radius 3 is 2.22 bits per heavy atom. The van der Waals surface area contributed by atoms with E-state index < -0.39 is 12.0 Å². The van der Waals surface area contributed by atoms with E-state index in [4.69, 9.17) is 5.11 Å². The highest BCUT2D eigenvalue weighted by atomic mass is 127. The number of halogens is 1. The Bertz CT molecular complexity index is 136. The zero-order chi connectivity index (χ0) is 7.44. The molecule has 0 spiro atoms. The number of hydrogen-bond acceptors (Lipinski definition) is 2. The van der Waals surface area contributed by atoms with Gasteiger partial charge in [-0.1, -0.05) is 0 Å². The fraction of sp³-hybridized carbons (Fsp3) is 0.500. The second-order valence-corrected chi connectivity index (χ2v) is 2.46. The molecule has 52 valence electrons. The van der Waals surface area contributed by atoms with Crippen LogP contribution in [0.1, 0.15) is 6.92 Å². The third-order valence-electron chi connectivity index (χ3n) is 0.700. The Morgan fingerprint density at radius 2 is 2.11 bits per heavy atom. The average molecular weight is 243 g/mol. The molecule has 0 aliphatic rings. The van der Waals surface area contributed by atoms with Gasteiger partial charge in [-0.15, -0.1) is 0 Å². The first-order chi connectivity index (χ1) is 4.04. The van der Waals surface area contributed by atoms with Crippen LogP contribution in [0.4, 0.5) is 4.79 Å². The van der Waals surface area contributed by atoms with Gasteiger partial charge in [0, 0.05) is 22.6 Å². The molecular weight excluding hydrogens is 237 g/mol. The molecule has 1 atom stereocenters. The lowest BCUT2D eigenvalue weighted by Crippen LogP contribution is -2.34. The molecule has 2 N–H and O–H groups in total. The summed E-state index contributed by atoms with van der Waals surface area (Å²) in [5.74, 6) is -1.03. The van der Waals surface area contributed by atoms with Gasteiger partial charge in [0.25, 0.3) is 3.91 Å². The fourth-order valence-corrected chi connectivity index (χ4v) is 0.699. The molecule has 4 nitrogen and oxygen atoms in total. The number of carbonyl (C=O) groups is 2. The Morgan fingerprint density at radius 1 is 1.67 bits per heavy atom. The normalized spacial score (nSPS) is 12.2. The molecule has 0 aliphatic carbocycles. The molecule has 5 heteroatoms. The highest BCUT2D eigenvalue weighted by Crippen LogP contribution is 1.87. The van der Waals surface area contributed by atoms with Crippen LogP contribution in [0.25, 0.3) is 0 Å². The van der Waals surface area contributed by atoms with Crippen LogP contribution in [-0.4, -0.2) is 21.0 Å². The predicted molar refractivity (Wildman–Crippen MR) is 39.6 cm³/mol. The third-order valence-corrected chi connectivity index (χ3v) is 1.01. The van der Waals surface area contributed by atoms with Crippen molar-refractivity contribution in [1.29, 1.82) is 0 Å². The zero-order valence-electron chi connectivity index (χ0n) is 4.72. The molecule has 1 unspecified atom stereocenters. The number of aliphatic carboxylic acids is 1.